The molecule has 1 aliphatic heterocycles. The highest BCUT2D eigenvalue weighted by molar-refractivity contribution is 5.11. The van der Waals surface area contributed by atoms with Crippen LogP contribution in [0.2, 0.25) is 0 Å². The van der Waals surface area contributed by atoms with Crippen LogP contribution in [0, 0.1) is 0 Å². The molecule has 0 N–H and O–H groups in total. The lowest BCUT2D eigenvalue weighted by Gasteiger charge is -2.35. The number of aromatic nitrogens is 3. The smallest absolute Gasteiger partial charge is 0.0544 e. The van der Waals surface area contributed by atoms with Crippen molar-refractivity contribution in [3.63, 3.8) is 0 Å². The van der Waals surface area contributed by atoms with Gasteiger partial charge < -0.3 is 0 Å². The Morgan fingerprint density at radius 2 is 2.17 bits per heavy atom. The molecule has 0 spiro atoms. The van der Waals surface area contributed by atoms with E-state index >= 15 is 0 Å². The van der Waals surface area contributed by atoms with Crippen molar-refractivity contribution in [3.05, 3.63) is 48.0 Å². The molecule has 2 aromatic heterocycles. The lowest BCUT2D eigenvalue weighted by Crippen LogP contribution is -2.47. The third kappa shape index (κ3) is 3.84. The van der Waals surface area contributed by atoms with Crippen LogP contribution in [-0.4, -0.2) is 56.3 Å². The van der Waals surface area contributed by atoms with Crippen LogP contribution in [0.4, 0.5) is 0 Å². The number of hydrogen-bond donors (Lipinski definition) is 0. The summed E-state index contributed by atoms with van der Waals surface area (Å²) in [5.74, 6) is 0. The highest BCUT2D eigenvalue weighted by Gasteiger charge is 2.37. The van der Waals surface area contributed by atoms with Crippen LogP contribution >= 0.6 is 0 Å². The molecule has 130 valence electrons. The fourth-order valence-electron chi connectivity index (χ4n) is 3.74. The predicted molar refractivity (Wildman–Crippen MR) is 96.7 cm³/mol. The average Bonchev–Trinajstić information content (AvgIpc) is 3.15. The quantitative estimate of drug-likeness (QED) is 0.816. The SMILES string of the molecule is CC(C)N(C)[C@@H]1CCN(Cc2ccccn2)[C@H]1Cc1cnn(C)c1. The number of hydrogen-bond acceptors (Lipinski definition) is 4. The van der Waals surface area contributed by atoms with E-state index < -0.39 is 0 Å². The molecule has 0 aromatic carbocycles. The van der Waals surface area contributed by atoms with Crippen LogP contribution in [0.25, 0.3) is 0 Å². The molecule has 3 rings (SSSR count). The summed E-state index contributed by atoms with van der Waals surface area (Å²) in [5.41, 5.74) is 2.47. The van der Waals surface area contributed by atoms with E-state index in [1.54, 1.807) is 0 Å². The molecule has 1 fully saturated rings. The first-order chi connectivity index (χ1) is 11.5. The minimum Gasteiger partial charge on any atom is -0.299 e. The van der Waals surface area contributed by atoms with Crippen molar-refractivity contribution in [2.75, 3.05) is 13.6 Å². The summed E-state index contributed by atoms with van der Waals surface area (Å²) in [6.45, 7) is 6.61. The summed E-state index contributed by atoms with van der Waals surface area (Å²) in [6.07, 6.45) is 8.29. The monoisotopic (exact) mass is 327 g/mol. The largest absolute Gasteiger partial charge is 0.299 e. The molecule has 2 aromatic rings. The summed E-state index contributed by atoms with van der Waals surface area (Å²) in [4.78, 5) is 9.64. The Labute approximate surface area is 145 Å². The second-order valence-corrected chi connectivity index (χ2v) is 7.20. The molecule has 3 heterocycles. The molecule has 24 heavy (non-hydrogen) atoms. The minimum atomic E-state index is 0.503. The van der Waals surface area contributed by atoms with Crippen LogP contribution in [0.5, 0.6) is 0 Å². The van der Waals surface area contributed by atoms with Gasteiger partial charge in [-0.25, -0.2) is 0 Å². The van der Waals surface area contributed by atoms with E-state index in [9.17, 15) is 0 Å². The van der Waals surface area contributed by atoms with Crippen LogP contribution < -0.4 is 0 Å². The van der Waals surface area contributed by atoms with Gasteiger partial charge in [0.05, 0.1) is 11.9 Å². The average molecular weight is 327 g/mol. The Balaban J connectivity index is 1.78. The summed E-state index contributed by atoms with van der Waals surface area (Å²) >= 11 is 0. The summed E-state index contributed by atoms with van der Waals surface area (Å²) in [5, 5.41) is 4.34. The molecule has 2 atom stereocenters. The molecule has 0 radical (unpaired) electrons. The first-order valence-electron chi connectivity index (χ1n) is 8.88. The van der Waals surface area contributed by atoms with Crippen molar-refractivity contribution < 1.29 is 0 Å². The van der Waals surface area contributed by atoms with E-state index in [0.717, 1.165) is 25.2 Å². The highest BCUT2D eigenvalue weighted by atomic mass is 15.3. The van der Waals surface area contributed by atoms with E-state index in [1.807, 2.05) is 30.2 Å². The van der Waals surface area contributed by atoms with Gasteiger partial charge in [-0.05, 0) is 51.4 Å². The second kappa shape index (κ2) is 7.45. The number of likely N-dealkylation sites (tertiary alicyclic amines) is 1. The maximum absolute atomic E-state index is 4.52. The van der Waals surface area contributed by atoms with Crippen molar-refractivity contribution in [3.8, 4) is 0 Å². The Bertz CT molecular complexity index is 636. The van der Waals surface area contributed by atoms with Crippen LogP contribution in [0.15, 0.2) is 36.8 Å². The number of rotatable bonds is 6. The Kier molecular flexibility index (Phi) is 5.31. The summed E-state index contributed by atoms with van der Waals surface area (Å²) < 4.78 is 1.90. The zero-order chi connectivity index (χ0) is 17.1. The standard InChI is InChI=1S/C19H29N5/c1-15(2)23(4)18-8-10-24(14-17-7-5-6-9-20-17)19(18)11-16-12-21-22(3)13-16/h5-7,9,12-13,15,18-19H,8,10-11,14H2,1-4H3/t18-,19+/m1/s1. The third-order valence-corrected chi connectivity index (χ3v) is 5.26. The molecular weight excluding hydrogens is 298 g/mol. The zero-order valence-corrected chi connectivity index (χ0v) is 15.3. The topological polar surface area (TPSA) is 37.2 Å². The van der Waals surface area contributed by atoms with E-state index in [2.05, 4.69) is 59.1 Å². The van der Waals surface area contributed by atoms with Gasteiger partial charge in [0.15, 0.2) is 0 Å². The third-order valence-electron chi connectivity index (χ3n) is 5.26. The number of pyridine rings is 1. The number of aryl methyl sites for hydroxylation is 1. The summed E-state index contributed by atoms with van der Waals surface area (Å²) in [7, 11) is 4.25. The highest BCUT2D eigenvalue weighted by Crippen LogP contribution is 2.27. The molecule has 1 saturated heterocycles. The van der Waals surface area contributed by atoms with Crippen LogP contribution in [-0.2, 0) is 20.0 Å². The van der Waals surface area contributed by atoms with Crippen LogP contribution in [0.3, 0.4) is 0 Å². The zero-order valence-electron chi connectivity index (χ0n) is 15.3. The van der Waals surface area contributed by atoms with Gasteiger partial charge in [-0.1, -0.05) is 6.07 Å². The first kappa shape index (κ1) is 17.1. The van der Waals surface area contributed by atoms with Gasteiger partial charge in [-0.15, -0.1) is 0 Å². The maximum Gasteiger partial charge on any atom is 0.0544 e. The fourth-order valence-corrected chi connectivity index (χ4v) is 3.74. The maximum atomic E-state index is 4.52. The van der Waals surface area contributed by atoms with Gasteiger partial charge in [0.25, 0.3) is 0 Å². The van der Waals surface area contributed by atoms with E-state index in [1.165, 1.54) is 12.0 Å². The predicted octanol–water partition coefficient (Wildman–Crippen LogP) is 2.34. The molecule has 0 saturated carbocycles. The van der Waals surface area contributed by atoms with E-state index in [-0.39, 0.29) is 0 Å². The lowest BCUT2D eigenvalue weighted by atomic mass is 10.00. The van der Waals surface area contributed by atoms with Crippen molar-refractivity contribution in [1.29, 1.82) is 0 Å². The lowest BCUT2D eigenvalue weighted by molar-refractivity contribution is 0.134. The normalized spacial score (nSPS) is 21.9. The molecule has 0 unspecified atom stereocenters. The molecule has 1 aliphatic rings. The fraction of sp³-hybridized carbons (Fsp3) is 0.579. The van der Waals surface area contributed by atoms with Gasteiger partial charge >= 0.3 is 0 Å². The van der Waals surface area contributed by atoms with Gasteiger partial charge in [0.1, 0.15) is 0 Å². The Hall–Kier alpha value is -1.72. The van der Waals surface area contributed by atoms with E-state index in [4.69, 9.17) is 0 Å². The molecule has 5 heteroatoms. The number of likely N-dealkylation sites (N-methyl/N-ethyl adjacent to an activating group) is 1. The van der Waals surface area contributed by atoms with Gasteiger partial charge in [-0.2, -0.15) is 5.10 Å². The first-order valence-corrected chi connectivity index (χ1v) is 8.88. The molecular formula is C19H29N5. The Morgan fingerprint density at radius 1 is 1.33 bits per heavy atom. The molecule has 0 aliphatic carbocycles. The molecule has 5 nitrogen and oxygen atoms in total. The Morgan fingerprint density at radius 3 is 2.79 bits per heavy atom. The van der Waals surface area contributed by atoms with Gasteiger partial charge in [0.2, 0.25) is 0 Å². The van der Waals surface area contributed by atoms with Gasteiger partial charge in [-0.3, -0.25) is 19.5 Å². The molecule has 0 amide bonds. The minimum absolute atomic E-state index is 0.503. The van der Waals surface area contributed by atoms with Crippen molar-refractivity contribution >= 4 is 0 Å². The summed E-state index contributed by atoms with van der Waals surface area (Å²) in [6, 6.07) is 7.82. The molecule has 0 bridgehead atoms. The second-order valence-electron chi connectivity index (χ2n) is 7.20. The van der Waals surface area contributed by atoms with Crippen molar-refractivity contribution in [2.45, 2.75) is 51.4 Å². The van der Waals surface area contributed by atoms with Crippen molar-refractivity contribution in [2.24, 2.45) is 7.05 Å². The van der Waals surface area contributed by atoms with Gasteiger partial charge in [0, 0.05) is 50.7 Å². The number of nitrogens with zero attached hydrogens (tertiary/aromatic N) is 5. The van der Waals surface area contributed by atoms with E-state index in [0.29, 0.717) is 18.1 Å². The van der Waals surface area contributed by atoms with Crippen molar-refractivity contribution in [1.82, 2.24) is 24.6 Å². The van der Waals surface area contributed by atoms with Crippen LogP contribution in [0.1, 0.15) is 31.5 Å².